The quantitative estimate of drug-likeness (QED) is 0.306. The average molecular weight is 482 g/mol. The second-order valence-corrected chi connectivity index (χ2v) is 9.67. The molecule has 0 spiro atoms. The predicted octanol–water partition coefficient (Wildman–Crippen LogP) is 4.39. The predicted molar refractivity (Wildman–Crippen MR) is 129 cm³/mol. The molecule has 4 aromatic rings. The zero-order chi connectivity index (χ0) is 22.8. The number of fused-ring (bicyclic) bond motifs is 1. The number of hydrogen-bond donors (Lipinski definition) is 1. The third-order valence-electron chi connectivity index (χ3n) is 5.58. The third kappa shape index (κ3) is 4.46. The van der Waals surface area contributed by atoms with E-state index in [4.69, 9.17) is 15.2 Å². The van der Waals surface area contributed by atoms with E-state index in [1.807, 2.05) is 24.3 Å². The van der Waals surface area contributed by atoms with Crippen molar-refractivity contribution in [2.45, 2.75) is 36.4 Å². The van der Waals surface area contributed by atoms with Crippen LogP contribution >= 0.6 is 23.1 Å². The van der Waals surface area contributed by atoms with Gasteiger partial charge in [-0.15, -0.1) is 21.5 Å². The van der Waals surface area contributed by atoms with E-state index >= 15 is 0 Å². The minimum Gasteiger partial charge on any atom is -0.465 e. The Balaban J connectivity index is 1.44. The smallest absolute Gasteiger partial charge is 0.337 e. The van der Waals surface area contributed by atoms with Crippen molar-refractivity contribution in [1.29, 1.82) is 0 Å². The highest BCUT2D eigenvalue weighted by Gasteiger charge is 2.24. The van der Waals surface area contributed by atoms with E-state index < -0.39 is 0 Å². The van der Waals surface area contributed by atoms with Crippen LogP contribution in [0.5, 0.6) is 0 Å². The Labute approximate surface area is 199 Å². The molecule has 2 N–H and O–H groups in total. The van der Waals surface area contributed by atoms with Crippen LogP contribution in [0.25, 0.3) is 20.9 Å². The molecule has 170 valence electrons. The Morgan fingerprint density at radius 3 is 2.88 bits per heavy atom. The highest BCUT2D eigenvalue weighted by molar-refractivity contribution is 7.98. The van der Waals surface area contributed by atoms with Crippen molar-refractivity contribution in [1.82, 2.24) is 19.7 Å². The number of benzene rings is 1. The van der Waals surface area contributed by atoms with Crippen molar-refractivity contribution < 1.29 is 14.3 Å². The molecule has 1 saturated heterocycles. The summed E-state index contributed by atoms with van der Waals surface area (Å²) >= 11 is 3.13. The first-order valence-corrected chi connectivity index (χ1v) is 12.4. The molecule has 1 atom stereocenters. The molecule has 0 saturated carbocycles. The summed E-state index contributed by atoms with van der Waals surface area (Å²) < 4.78 is 12.8. The van der Waals surface area contributed by atoms with Crippen molar-refractivity contribution in [3.63, 3.8) is 0 Å². The standard InChI is InChI=1S/C23H23N5O3S2/c1-30-22(29)15-8-6-14(7-9-15)13-32-23-27-26-20(28(23)12-16-4-3-11-31-16)19-18(24)17-5-2-10-25-21(17)33-19/h2,5-10,16H,3-4,11-13,24H2,1H3/t16-/m0/s1. The average Bonchev–Trinajstić information content (AvgIpc) is 3.58. The lowest BCUT2D eigenvalue weighted by atomic mass is 10.1. The fourth-order valence-corrected chi connectivity index (χ4v) is 5.80. The van der Waals surface area contributed by atoms with Gasteiger partial charge in [0.1, 0.15) is 4.83 Å². The Hall–Kier alpha value is -2.95. The molecule has 0 amide bonds. The van der Waals surface area contributed by atoms with Gasteiger partial charge in [0, 0.05) is 23.9 Å². The monoisotopic (exact) mass is 481 g/mol. The highest BCUT2D eigenvalue weighted by Crippen LogP contribution is 2.40. The Bertz CT molecular complexity index is 1280. The first-order valence-electron chi connectivity index (χ1n) is 10.6. The van der Waals surface area contributed by atoms with Gasteiger partial charge in [-0.25, -0.2) is 9.78 Å². The lowest BCUT2D eigenvalue weighted by Gasteiger charge is -2.14. The summed E-state index contributed by atoms with van der Waals surface area (Å²) in [5.41, 5.74) is 8.77. The molecule has 3 aromatic heterocycles. The first-order chi connectivity index (χ1) is 16.1. The SMILES string of the molecule is COC(=O)c1ccc(CSc2nnc(-c3sc4ncccc4c3N)n2C[C@@H]2CCCO2)cc1. The molecular weight excluding hydrogens is 458 g/mol. The van der Waals surface area contributed by atoms with E-state index in [2.05, 4.69) is 19.7 Å². The number of ether oxygens (including phenoxy) is 2. The maximum absolute atomic E-state index is 11.7. The molecule has 5 rings (SSSR count). The maximum Gasteiger partial charge on any atom is 0.337 e. The van der Waals surface area contributed by atoms with E-state index in [1.54, 1.807) is 30.1 Å². The number of methoxy groups -OCH3 is 1. The molecule has 0 unspecified atom stereocenters. The van der Waals surface area contributed by atoms with Crippen molar-refractivity contribution in [3.05, 3.63) is 53.7 Å². The van der Waals surface area contributed by atoms with Crippen molar-refractivity contribution in [2.24, 2.45) is 0 Å². The zero-order valence-electron chi connectivity index (χ0n) is 18.1. The summed E-state index contributed by atoms with van der Waals surface area (Å²) in [6.07, 6.45) is 3.98. The van der Waals surface area contributed by atoms with Gasteiger partial charge in [-0.05, 0) is 42.7 Å². The van der Waals surface area contributed by atoms with Gasteiger partial charge < -0.3 is 15.2 Å². The van der Waals surface area contributed by atoms with Crippen molar-refractivity contribution in [2.75, 3.05) is 19.5 Å². The fraction of sp³-hybridized carbons (Fsp3) is 0.304. The number of rotatable bonds is 7. The molecule has 0 bridgehead atoms. The number of thiophene rings is 1. The Kier molecular flexibility index (Phi) is 6.30. The summed E-state index contributed by atoms with van der Waals surface area (Å²) in [5, 5.41) is 10.8. The van der Waals surface area contributed by atoms with E-state index in [9.17, 15) is 4.79 Å². The van der Waals surface area contributed by atoms with E-state index in [1.165, 1.54) is 18.4 Å². The van der Waals surface area contributed by atoms with Crippen LogP contribution < -0.4 is 5.73 Å². The van der Waals surface area contributed by atoms with E-state index in [-0.39, 0.29) is 12.1 Å². The van der Waals surface area contributed by atoms with Gasteiger partial charge >= 0.3 is 5.97 Å². The molecular formula is C23H23N5O3S2. The lowest BCUT2D eigenvalue weighted by molar-refractivity contribution is 0.0600. The number of carbonyl (C=O) groups excluding carboxylic acids is 1. The number of carbonyl (C=O) groups is 1. The lowest BCUT2D eigenvalue weighted by Crippen LogP contribution is -2.16. The van der Waals surface area contributed by atoms with Crippen LogP contribution in [0.3, 0.4) is 0 Å². The third-order valence-corrected chi connectivity index (χ3v) is 7.74. The van der Waals surface area contributed by atoms with Gasteiger partial charge in [0.2, 0.25) is 0 Å². The second-order valence-electron chi connectivity index (χ2n) is 7.73. The van der Waals surface area contributed by atoms with Gasteiger partial charge in [-0.1, -0.05) is 23.9 Å². The molecule has 1 aliphatic rings. The van der Waals surface area contributed by atoms with Crippen molar-refractivity contribution in [3.8, 4) is 10.7 Å². The highest BCUT2D eigenvalue weighted by atomic mass is 32.2. The normalized spacial score (nSPS) is 15.8. The van der Waals surface area contributed by atoms with Crippen LogP contribution in [0, 0.1) is 0 Å². The van der Waals surface area contributed by atoms with Crippen LogP contribution in [0.2, 0.25) is 0 Å². The molecule has 0 aliphatic carbocycles. The van der Waals surface area contributed by atoms with Crippen LogP contribution in [-0.4, -0.2) is 45.5 Å². The summed E-state index contributed by atoms with van der Waals surface area (Å²) in [4.78, 5) is 17.9. The maximum atomic E-state index is 11.7. The van der Waals surface area contributed by atoms with Gasteiger partial charge in [0.25, 0.3) is 0 Å². The summed E-state index contributed by atoms with van der Waals surface area (Å²) in [6, 6.07) is 11.3. The number of anilines is 1. The van der Waals surface area contributed by atoms with Gasteiger partial charge in [0.05, 0.1) is 35.9 Å². The summed E-state index contributed by atoms with van der Waals surface area (Å²) in [5.74, 6) is 1.09. The van der Waals surface area contributed by atoms with Crippen molar-refractivity contribution >= 4 is 45.0 Å². The first kappa shape index (κ1) is 21.9. The second kappa shape index (κ2) is 9.50. The van der Waals surface area contributed by atoms with Crippen LogP contribution in [0.4, 0.5) is 5.69 Å². The molecule has 10 heteroatoms. The van der Waals surface area contributed by atoms with Gasteiger partial charge in [-0.3, -0.25) is 4.57 Å². The van der Waals surface area contributed by atoms with Gasteiger partial charge in [-0.2, -0.15) is 0 Å². The molecule has 33 heavy (non-hydrogen) atoms. The summed E-state index contributed by atoms with van der Waals surface area (Å²) in [6.45, 7) is 1.46. The minimum absolute atomic E-state index is 0.132. The molecule has 0 radical (unpaired) electrons. The van der Waals surface area contributed by atoms with Gasteiger partial charge in [0.15, 0.2) is 11.0 Å². The van der Waals surface area contributed by atoms with Crippen LogP contribution in [-0.2, 0) is 21.8 Å². The van der Waals surface area contributed by atoms with Crippen LogP contribution in [0.15, 0.2) is 47.8 Å². The number of nitrogen functional groups attached to an aromatic ring is 1. The summed E-state index contributed by atoms with van der Waals surface area (Å²) in [7, 11) is 1.38. The molecule has 1 aromatic carbocycles. The van der Waals surface area contributed by atoms with E-state index in [0.29, 0.717) is 23.5 Å². The molecule has 1 fully saturated rings. The molecule has 1 aliphatic heterocycles. The zero-order valence-corrected chi connectivity index (χ0v) is 19.7. The topological polar surface area (TPSA) is 105 Å². The number of pyridine rings is 1. The largest absolute Gasteiger partial charge is 0.465 e. The molecule has 4 heterocycles. The number of hydrogen-bond acceptors (Lipinski definition) is 9. The van der Waals surface area contributed by atoms with E-state index in [0.717, 1.165) is 51.1 Å². The minimum atomic E-state index is -0.342. The number of aromatic nitrogens is 4. The van der Waals surface area contributed by atoms with Crippen LogP contribution in [0.1, 0.15) is 28.8 Å². The number of nitrogens with zero attached hydrogens (tertiary/aromatic N) is 4. The molecule has 8 nitrogen and oxygen atoms in total. The Morgan fingerprint density at radius 2 is 2.15 bits per heavy atom. The number of esters is 1. The fourth-order valence-electron chi connectivity index (χ4n) is 3.84. The number of nitrogens with two attached hydrogens (primary N) is 1. The number of thioether (sulfide) groups is 1. The Morgan fingerprint density at radius 1 is 1.30 bits per heavy atom.